The summed E-state index contributed by atoms with van der Waals surface area (Å²) < 4.78 is 0. The number of halogens is 1. The number of rotatable bonds is 8. The van der Waals surface area contributed by atoms with Crippen molar-refractivity contribution in [2.45, 2.75) is 13.3 Å². The lowest BCUT2D eigenvalue weighted by Gasteiger charge is -2.07. The number of benzene rings is 1. The molecule has 0 aliphatic carbocycles. The van der Waals surface area contributed by atoms with Crippen LogP contribution in [0.2, 0.25) is 0 Å². The molecular weight excluding hydrogens is 278 g/mol. The average molecular weight is 300 g/mol. The van der Waals surface area contributed by atoms with Gasteiger partial charge in [0.05, 0.1) is 6.54 Å². The normalized spacial score (nSPS) is 9.45. The minimum absolute atomic E-state index is 0. The minimum atomic E-state index is -0.236. The van der Waals surface area contributed by atoms with Crippen LogP contribution < -0.4 is 16.0 Å². The lowest BCUT2D eigenvalue weighted by atomic mass is 10.2. The largest absolute Gasteiger partial charge is 0.353 e. The van der Waals surface area contributed by atoms with Crippen LogP contribution >= 0.6 is 12.4 Å². The van der Waals surface area contributed by atoms with Crippen LogP contribution in [0.3, 0.4) is 0 Å². The predicted octanol–water partition coefficient (Wildman–Crippen LogP) is 0.954. The Labute approximate surface area is 125 Å². The van der Waals surface area contributed by atoms with Gasteiger partial charge in [-0.15, -0.1) is 12.4 Å². The molecule has 3 N–H and O–H groups in total. The molecule has 0 aliphatic rings. The second-order valence-electron chi connectivity index (χ2n) is 4.15. The highest BCUT2D eigenvalue weighted by Crippen LogP contribution is 1.96. The molecule has 0 atom stereocenters. The van der Waals surface area contributed by atoms with E-state index in [1.54, 1.807) is 24.3 Å². The topological polar surface area (TPSA) is 70.2 Å². The lowest BCUT2D eigenvalue weighted by molar-refractivity contribution is -0.120. The second-order valence-corrected chi connectivity index (χ2v) is 4.15. The van der Waals surface area contributed by atoms with Gasteiger partial charge in [-0.3, -0.25) is 9.59 Å². The highest BCUT2D eigenvalue weighted by atomic mass is 35.5. The van der Waals surface area contributed by atoms with Gasteiger partial charge in [0.15, 0.2) is 0 Å². The summed E-state index contributed by atoms with van der Waals surface area (Å²) in [6, 6.07) is 8.83. The molecule has 0 radical (unpaired) electrons. The third kappa shape index (κ3) is 7.76. The van der Waals surface area contributed by atoms with E-state index >= 15 is 0 Å². The zero-order chi connectivity index (χ0) is 13.9. The predicted molar refractivity (Wildman–Crippen MR) is 82.2 cm³/mol. The average Bonchev–Trinajstić information content (AvgIpc) is 2.45. The molecule has 0 aromatic heterocycles. The Bertz CT molecular complexity index is 399. The Morgan fingerprint density at radius 1 is 1.00 bits per heavy atom. The van der Waals surface area contributed by atoms with E-state index in [4.69, 9.17) is 0 Å². The summed E-state index contributed by atoms with van der Waals surface area (Å²) in [4.78, 5) is 23.1. The molecule has 20 heavy (non-hydrogen) atoms. The van der Waals surface area contributed by atoms with Crippen LogP contribution in [-0.2, 0) is 4.79 Å². The summed E-state index contributed by atoms with van der Waals surface area (Å²) in [5.41, 5.74) is 0.555. The van der Waals surface area contributed by atoms with Gasteiger partial charge >= 0.3 is 0 Å². The Kier molecular flexibility index (Phi) is 10.4. The zero-order valence-electron chi connectivity index (χ0n) is 11.6. The Morgan fingerprint density at radius 3 is 2.35 bits per heavy atom. The van der Waals surface area contributed by atoms with E-state index in [1.165, 1.54) is 0 Å². The Morgan fingerprint density at radius 2 is 1.70 bits per heavy atom. The standard InChI is InChI=1S/C14H21N3O2.ClH/c1-2-8-15-9-10-16-13(18)11-17-14(19)12-6-4-3-5-7-12;/h3-7,15H,2,8-11H2,1H3,(H,16,18)(H,17,19);1H. The molecule has 0 fully saturated rings. The maximum atomic E-state index is 11.7. The third-order valence-electron chi connectivity index (χ3n) is 2.50. The molecule has 0 bridgehead atoms. The molecule has 0 spiro atoms. The van der Waals surface area contributed by atoms with Gasteiger partial charge in [0, 0.05) is 18.7 Å². The SMILES string of the molecule is CCCNCCNC(=O)CNC(=O)c1ccccc1.Cl. The van der Waals surface area contributed by atoms with Gasteiger partial charge in [0.2, 0.25) is 5.91 Å². The van der Waals surface area contributed by atoms with Gasteiger partial charge in [0.25, 0.3) is 5.91 Å². The fourth-order valence-corrected chi connectivity index (χ4v) is 1.51. The monoisotopic (exact) mass is 299 g/mol. The van der Waals surface area contributed by atoms with Crippen LogP contribution in [0.15, 0.2) is 30.3 Å². The number of carbonyl (C=O) groups excluding carboxylic acids is 2. The van der Waals surface area contributed by atoms with E-state index < -0.39 is 0 Å². The highest BCUT2D eigenvalue weighted by Gasteiger charge is 2.06. The molecule has 0 unspecified atom stereocenters. The molecule has 6 heteroatoms. The zero-order valence-corrected chi connectivity index (χ0v) is 12.5. The van der Waals surface area contributed by atoms with Crippen molar-refractivity contribution in [2.75, 3.05) is 26.2 Å². The summed E-state index contributed by atoms with van der Waals surface area (Å²) in [7, 11) is 0. The quantitative estimate of drug-likeness (QED) is 0.626. The first kappa shape index (κ1) is 18.4. The van der Waals surface area contributed by atoms with Gasteiger partial charge in [-0.2, -0.15) is 0 Å². The summed E-state index contributed by atoms with van der Waals surface area (Å²) >= 11 is 0. The molecular formula is C14H22ClN3O2. The third-order valence-corrected chi connectivity index (χ3v) is 2.50. The van der Waals surface area contributed by atoms with Crippen molar-refractivity contribution in [3.05, 3.63) is 35.9 Å². The van der Waals surface area contributed by atoms with Crippen molar-refractivity contribution >= 4 is 24.2 Å². The molecule has 0 saturated carbocycles. The van der Waals surface area contributed by atoms with E-state index in [2.05, 4.69) is 22.9 Å². The van der Waals surface area contributed by atoms with E-state index in [-0.39, 0.29) is 30.8 Å². The first-order valence-electron chi connectivity index (χ1n) is 6.54. The maximum Gasteiger partial charge on any atom is 0.251 e. The molecule has 1 aromatic rings. The molecule has 2 amide bonds. The summed E-state index contributed by atoms with van der Waals surface area (Å²) in [6.45, 7) is 4.35. The fourth-order valence-electron chi connectivity index (χ4n) is 1.51. The van der Waals surface area contributed by atoms with Gasteiger partial charge in [0.1, 0.15) is 0 Å². The van der Waals surface area contributed by atoms with Crippen molar-refractivity contribution in [1.29, 1.82) is 0 Å². The molecule has 1 aromatic carbocycles. The van der Waals surface area contributed by atoms with Crippen LogP contribution in [0, 0.1) is 0 Å². The first-order valence-corrected chi connectivity index (χ1v) is 6.54. The van der Waals surface area contributed by atoms with E-state index in [0.717, 1.165) is 19.5 Å². The highest BCUT2D eigenvalue weighted by molar-refractivity contribution is 5.96. The summed E-state index contributed by atoms with van der Waals surface area (Å²) in [5.74, 6) is -0.414. The van der Waals surface area contributed by atoms with Crippen molar-refractivity contribution in [1.82, 2.24) is 16.0 Å². The second kappa shape index (κ2) is 11.3. The van der Waals surface area contributed by atoms with Crippen molar-refractivity contribution in [3.8, 4) is 0 Å². The van der Waals surface area contributed by atoms with Crippen LogP contribution in [-0.4, -0.2) is 38.0 Å². The van der Waals surface area contributed by atoms with E-state index in [0.29, 0.717) is 12.1 Å². The van der Waals surface area contributed by atoms with Crippen molar-refractivity contribution < 1.29 is 9.59 Å². The van der Waals surface area contributed by atoms with Crippen LogP contribution in [0.5, 0.6) is 0 Å². The summed E-state index contributed by atoms with van der Waals surface area (Å²) in [5, 5.41) is 8.49. The van der Waals surface area contributed by atoms with Crippen LogP contribution in [0.25, 0.3) is 0 Å². The van der Waals surface area contributed by atoms with Crippen molar-refractivity contribution in [3.63, 3.8) is 0 Å². The van der Waals surface area contributed by atoms with Crippen LogP contribution in [0.1, 0.15) is 23.7 Å². The van der Waals surface area contributed by atoms with Gasteiger partial charge in [-0.1, -0.05) is 25.1 Å². The fraction of sp³-hybridized carbons (Fsp3) is 0.429. The number of nitrogens with one attached hydrogen (secondary N) is 3. The minimum Gasteiger partial charge on any atom is -0.353 e. The molecule has 0 aliphatic heterocycles. The number of carbonyl (C=O) groups is 2. The maximum absolute atomic E-state index is 11.7. The summed E-state index contributed by atoms with van der Waals surface area (Å²) in [6.07, 6.45) is 1.07. The molecule has 0 heterocycles. The molecule has 0 saturated heterocycles. The van der Waals surface area contributed by atoms with Gasteiger partial charge < -0.3 is 16.0 Å². The number of amides is 2. The number of hydrogen-bond donors (Lipinski definition) is 3. The van der Waals surface area contributed by atoms with E-state index in [9.17, 15) is 9.59 Å². The van der Waals surface area contributed by atoms with Crippen molar-refractivity contribution in [2.24, 2.45) is 0 Å². The number of hydrogen-bond acceptors (Lipinski definition) is 3. The Balaban J connectivity index is 0.00000361. The first-order chi connectivity index (χ1) is 9.24. The van der Waals surface area contributed by atoms with Crippen LogP contribution in [0.4, 0.5) is 0 Å². The molecule has 5 nitrogen and oxygen atoms in total. The van der Waals surface area contributed by atoms with E-state index in [1.807, 2.05) is 6.07 Å². The molecule has 1 rings (SSSR count). The lowest BCUT2D eigenvalue weighted by Crippen LogP contribution is -2.39. The Hall–Kier alpha value is -1.59. The molecule has 112 valence electrons. The van der Waals surface area contributed by atoms with Gasteiger partial charge in [-0.05, 0) is 25.1 Å². The smallest absolute Gasteiger partial charge is 0.251 e. The van der Waals surface area contributed by atoms with Gasteiger partial charge in [-0.25, -0.2) is 0 Å².